The molecule has 3 nitrogen and oxygen atoms in total. The zero-order valence-corrected chi connectivity index (χ0v) is 12.4. The number of nitrogens with one attached hydrogen (secondary N) is 1. The molecule has 0 aromatic heterocycles. The van der Waals surface area contributed by atoms with Gasteiger partial charge in [0.15, 0.2) is 0 Å². The zero-order chi connectivity index (χ0) is 12.5. The van der Waals surface area contributed by atoms with Crippen LogP contribution in [0.2, 0.25) is 0 Å². The highest BCUT2D eigenvalue weighted by molar-refractivity contribution is 9.10. The summed E-state index contributed by atoms with van der Waals surface area (Å²) in [5.74, 6) is 0.638. The highest BCUT2D eigenvalue weighted by Gasteiger charge is 2.29. The van der Waals surface area contributed by atoms with Crippen molar-refractivity contribution >= 4 is 21.6 Å². The highest BCUT2D eigenvalue weighted by atomic mass is 79.9. The Kier molecular flexibility index (Phi) is 3.59. The number of hydrogen-bond acceptors (Lipinski definition) is 3. The second-order valence-corrected chi connectivity index (χ2v) is 6.16. The van der Waals surface area contributed by atoms with Gasteiger partial charge in [0.05, 0.1) is 0 Å². The fourth-order valence-electron chi connectivity index (χ4n) is 3.14. The van der Waals surface area contributed by atoms with Gasteiger partial charge in [-0.1, -0.05) is 22.0 Å². The first-order valence-corrected chi connectivity index (χ1v) is 7.47. The fraction of sp³-hybridized carbons (Fsp3) is 0.571. The van der Waals surface area contributed by atoms with Gasteiger partial charge in [0.25, 0.3) is 0 Å². The van der Waals surface area contributed by atoms with Crippen molar-refractivity contribution in [2.45, 2.75) is 5.92 Å². The quantitative estimate of drug-likeness (QED) is 0.900. The van der Waals surface area contributed by atoms with Crippen molar-refractivity contribution in [2.24, 2.45) is 0 Å². The van der Waals surface area contributed by atoms with Gasteiger partial charge in [-0.15, -0.1) is 0 Å². The molecule has 1 aromatic rings. The van der Waals surface area contributed by atoms with Crippen LogP contribution in [0.1, 0.15) is 11.5 Å². The fourth-order valence-corrected chi connectivity index (χ4v) is 3.82. The average Bonchev–Trinajstić information content (AvgIpc) is 2.69. The van der Waals surface area contributed by atoms with Crippen molar-refractivity contribution in [2.75, 3.05) is 51.2 Å². The standard InChI is InChI=1S/C14H20BrN3/c1-17-9-11(10-18-7-5-16-6-8-18)14-12(15)3-2-4-13(14)17/h2-4,11,16H,5-10H2,1H3. The lowest BCUT2D eigenvalue weighted by atomic mass is 10.0. The number of likely N-dealkylation sites (N-methyl/N-ethyl adjacent to an activating group) is 1. The topological polar surface area (TPSA) is 18.5 Å². The Labute approximate surface area is 117 Å². The number of anilines is 1. The molecule has 0 radical (unpaired) electrons. The largest absolute Gasteiger partial charge is 0.374 e. The van der Waals surface area contributed by atoms with Crippen LogP contribution in [-0.4, -0.2) is 51.2 Å². The lowest BCUT2D eigenvalue weighted by Gasteiger charge is -2.29. The van der Waals surface area contributed by atoms with Crippen molar-refractivity contribution in [3.05, 3.63) is 28.2 Å². The summed E-state index contributed by atoms with van der Waals surface area (Å²) in [6, 6.07) is 6.53. The lowest BCUT2D eigenvalue weighted by Crippen LogP contribution is -2.45. The number of nitrogens with zero attached hydrogens (tertiary/aromatic N) is 2. The van der Waals surface area contributed by atoms with E-state index in [4.69, 9.17) is 0 Å². The molecule has 1 N–H and O–H groups in total. The van der Waals surface area contributed by atoms with Crippen molar-refractivity contribution in [3.63, 3.8) is 0 Å². The van der Waals surface area contributed by atoms with Gasteiger partial charge in [-0.2, -0.15) is 0 Å². The molecule has 98 valence electrons. The lowest BCUT2D eigenvalue weighted by molar-refractivity contribution is 0.229. The minimum Gasteiger partial charge on any atom is -0.374 e. The van der Waals surface area contributed by atoms with Crippen LogP contribution in [0.3, 0.4) is 0 Å². The van der Waals surface area contributed by atoms with E-state index in [0.717, 1.165) is 19.6 Å². The maximum atomic E-state index is 3.72. The van der Waals surface area contributed by atoms with Gasteiger partial charge in [-0.05, 0) is 17.7 Å². The van der Waals surface area contributed by atoms with Crippen LogP contribution in [0.25, 0.3) is 0 Å². The van der Waals surface area contributed by atoms with Crippen LogP contribution in [0, 0.1) is 0 Å². The molecule has 1 atom stereocenters. The van der Waals surface area contributed by atoms with E-state index in [1.54, 1.807) is 0 Å². The van der Waals surface area contributed by atoms with Gasteiger partial charge in [0, 0.05) is 62.4 Å². The smallest absolute Gasteiger partial charge is 0.0411 e. The van der Waals surface area contributed by atoms with Crippen LogP contribution in [-0.2, 0) is 0 Å². The van der Waals surface area contributed by atoms with Crippen molar-refractivity contribution in [1.29, 1.82) is 0 Å². The molecule has 1 unspecified atom stereocenters. The van der Waals surface area contributed by atoms with E-state index in [9.17, 15) is 0 Å². The van der Waals surface area contributed by atoms with E-state index < -0.39 is 0 Å². The molecule has 0 bridgehead atoms. The summed E-state index contributed by atoms with van der Waals surface area (Å²) in [4.78, 5) is 4.97. The molecular formula is C14H20BrN3. The van der Waals surface area contributed by atoms with Crippen molar-refractivity contribution in [1.82, 2.24) is 10.2 Å². The molecule has 3 rings (SSSR count). The molecule has 4 heteroatoms. The van der Waals surface area contributed by atoms with E-state index in [-0.39, 0.29) is 0 Å². The van der Waals surface area contributed by atoms with Gasteiger partial charge < -0.3 is 15.1 Å². The zero-order valence-electron chi connectivity index (χ0n) is 10.8. The Morgan fingerprint density at radius 1 is 1.33 bits per heavy atom. The molecule has 0 spiro atoms. The number of hydrogen-bond donors (Lipinski definition) is 1. The normalized spacial score (nSPS) is 24.3. The average molecular weight is 310 g/mol. The van der Waals surface area contributed by atoms with E-state index >= 15 is 0 Å². The van der Waals surface area contributed by atoms with Gasteiger partial charge in [-0.25, -0.2) is 0 Å². The predicted molar refractivity (Wildman–Crippen MR) is 79.5 cm³/mol. The number of halogens is 1. The third kappa shape index (κ3) is 2.29. The molecule has 0 saturated carbocycles. The molecule has 2 aliphatic rings. The molecule has 2 aliphatic heterocycles. The van der Waals surface area contributed by atoms with Crippen molar-refractivity contribution < 1.29 is 0 Å². The van der Waals surface area contributed by atoms with E-state index in [2.05, 4.69) is 56.3 Å². The van der Waals surface area contributed by atoms with Gasteiger partial charge in [0.2, 0.25) is 0 Å². The Morgan fingerprint density at radius 3 is 2.89 bits per heavy atom. The SMILES string of the molecule is CN1CC(CN2CCNCC2)c2c(Br)cccc21. The van der Waals surface area contributed by atoms with E-state index in [1.165, 1.54) is 35.4 Å². The summed E-state index contributed by atoms with van der Waals surface area (Å²) in [7, 11) is 2.20. The molecule has 1 saturated heterocycles. The predicted octanol–water partition coefficient (Wildman–Crippen LogP) is 1.89. The maximum Gasteiger partial charge on any atom is 0.0411 e. The summed E-state index contributed by atoms with van der Waals surface area (Å²) in [6.45, 7) is 6.94. The van der Waals surface area contributed by atoms with Crippen LogP contribution in [0.15, 0.2) is 22.7 Å². The number of rotatable bonds is 2. The Balaban J connectivity index is 1.79. The van der Waals surface area contributed by atoms with Crippen LogP contribution in [0.5, 0.6) is 0 Å². The third-order valence-corrected chi connectivity index (χ3v) is 4.72. The summed E-state index contributed by atoms with van der Waals surface area (Å²) >= 11 is 3.72. The van der Waals surface area contributed by atoms with Crippen molar-refractivity contribution in [3.8, 4) is 0 Å². The molecule has 2 heterocycles. The second-order valence-electron chi connectivity index (χ2n) is 5.30. The Morgan fingerprint density at radius 2 is 2.11 bits per heavy atom. The third-order valence-electron chi connectivity index (χ3n) is 4.03. The summed E-state index contributed by atoms with van der Waals surface area (Å²) < 4.78 is 1.27. The number of piperazine rings is 1. The van der Waals surface area contributed by atoms with Gasteiger partial charge in [0.1, 0.15) is 0 Å². The van der Waals surface area contributed by atoms with E-state index in [0.29, 0.717) is 5.92 Å². The maximum absolute atomic E-state index is 3.72. The minimum atomic E-state index is 0.638. The van der Waals surface area contributed by atoms with Crippen LogP contribution in [0.4, 0.5) is 5.69 Å². The van der Waals surface area contributed by atoms with Crippen LogP contribution < -0.4 is 10.2 Å². The first-order valence-electron chi connectivity index (χ1n) is 6.68. The monoisotopic (exact) mass is 309 g/mol. The first kappa shape index (κ1) is 12.5. The Bertz CT molecular complexity index is 429. The minimum absolute atomic E-state index is 0.638. The number of benzene rings is 1. The van der Waals surface area contributed by atoms with E-state index in [1.807, 2.05) is 0 Å². The number of fused-ring (bicyclic) bond motifs is 1. The summed E-state index contributed by atoms with van der Waals surface area (Å²) in [5, 5.41) is 3.42. The first-order chi connectivity index (χ1) is 8.75. The Hall–Kier alpha value is -0.580. The summed E-state index contributed by atoms with van der Waals surface area (Å²) in [6.07, 6.45) is 0. The van der Waals surface area contributed by atoms with Gasteiger partial charge >= 0.3 is 0 Å². The molecule has 1 aromatic carbocycles. The second kappa shape index (κ2) is 5.19. The molecule has 1 fully saturated rings. The highest BCUT2D eigenvalue weighted by Crippen LogP contribution is 2.40. The molecule has 0 amide bonds. The van der Waals surface area contributed by atoms with Gasteiger partial charge in [-0.3, -0.25) is 0 Å². The molecule has 0 aliphatic carbocycles. The molecular weight excluding hydrogens is 290 g/mol. The molecule has 18 heavy (non-hydrogen) atoms. The van der Waals surface area contributed by atoms with Crippen LogP contribution >= 0.6 is 15.9 Å². The summed E-state index contributed by atoms with van der Waals surface area (Å²) in [5.41, 5.74) is 2.89.